The summed E-state index contributed by atoms with van der Waals surface area (Å²) in [6.45, 7) is 4.74. The highest BCUT2D eigenvalue weighted by molar-refractivity contribution is 7.89. The summed E-state index contributed by atoms with van der Waals surface area (Å²) in [5, 5.41) is 0. The molecule has 1 aromatic rings. The number of sulfonamides is 1. The third-order valence-electron chi connectivity index (χ3n) is 6.68. The van der Waals surface area contributed by atoms with Crippen LogP contribution in [0.4, 0.5) is 0 Å². The molecule has 3 fully saturated rings. The number of amides is 1. The summed E-state index contributed by atoms with van der Waals surface area (Å²) >= 11 is 0. The van der Waals surface area contributed by atoms with Gasteiger partial charge in [-0.15, -0.1) is 0 Å². The van der Waals surface area contributed by atoms with Gasteiger partial charge in [0.25, 0.3) is 0 Å². The van der Waals surface area contributed by atoms with Crippen LogP contribution in [0.2, 0.25) is 0 Å². The van der Waals surface area contributed by atoms with Crippen LogP contribution in [0.5, 0.6) is 5.75 Å². The van der Waals surface area contributed by atoms with Crippen LogP contribution < -0.4 is 4.74 Å². The minimum absolute atomic E-state index is 0.0472. The van der Waals surface area contributed by atoms with Crippen molar-refractivity contribution in [2.45, 2.75) is 43.0 Å². The number of nitrogens with zero attached hydrogens (tertiary/aromatic N) is 3. The first kappa shape index (κ1) is 22.5. The van der Waals surface area contributed by atoms with Gasteiger partial charge in [-0.3, -0.25) is 9.69 Å². The quantitative estimate of drug-likeness (QED) is 0.650. The first-order valence-corrected chi connectivity index (χ1v) is 12.7. The molecule has 8 nitrogen and oxygen atoms in total. The van der Waals surface area contributed by atoms with E-state index in [0.717, 1.165) is 26.2 Å². The summed E-state index contributed by atoms with van der Waals surface area (Å²) in [5.41, 5.74) is 0.691. The molecule has 0 spiro atoms. The fraction of sp³-hybridized carbons (Fsp3) is 0.682. The monoisotopic (exact) mass is 451 g/mol. The predicted octanol–water partition coefficient (Wildman–Crippen LogP) is 1.35. The number of hydrogen-bond acceptors (Lipinski definition) is 6. The van der Waals surface area contributed by atoms with Crippen molar-refractivity contribution in [3.05, 3.63) is 23.8 Å². The average molecular weight is 452 g/mol. The Bertz CT molecular complexity index is 871. The number of carbonyl (C=O) groups excluding carboxylic acids is 1. The molecule has 9 heteroatoms. The topological polar surface area (TPSA) is 79.4 Å². The van der Waals surface area contributed by atoms with Gasteiger partial charge in [-0.2, -0.15) is 4.31 Å². The lowest BCUT2D eigenvalue weighted by molar-refractivity contribution is -0.132. The van der Waals surface area contributed by atoms with Gasteiger partial charge in [0.1, 0.15) is 10.6 Å². The van der Waals surface area contributed by atoms with E-state index in [0.29, 0.717) is 43.7 Å². The van der Waals surface area contributed by atoms with Crippen molar-refractivity contribution < 1.29 is 22.7 Å². The number of methoxy groups -OCH3 is 1. The molecule has 4 rings (SSSR count). The highest BCUT2D eigenvalue weighted by atomic mass is 32.2. The van der Waals surface area contributed by atoms with E-state index in [-0.39, 0.29) is 17.2 Å². The van der Waals surface area contributed by atoms with Gasteiger partial charge in [0.2, 0.25) is 15.9 Å². The summed E-state index contributed by atoms with van der Waals surface area (Å²) < 4.78 is 38.3. The molecule has 0 radical (unpaired) electrons. The Morgan fingerprint density at radius 1 is 1.06 bits per heavy atom. The SMILES string of the molecule is COc1ccc(CC(=O)N2CCN(C3CCCC3)CC2)cc1S(=O)(=O)N1CCOCC1. The lowest BCUT2D eigenvalue weighted by Gasteiger charge is -2.38. The van der Waals surface area contributed by atoms with Crippen LogP contribution in [0.3, 0.4) is 0 Å². The summed E-state index contributed by atoms with van der Waals surface area (Å²) in [6, 6.07) is 5.71. The number of benzene rings is 1. The Balaban J connectivity index is 1.43. The molecule has 1 aliphatic carbocycles. The molecule has 0 bridgehead atoms. The van der Waals surface area contributed by atoms with Crippen LogP contribution in [0, 0.1) is 0 Å². The third-order valence-corrected chi connectivity index (χ3v) is 8.60. The van der Waals surface area contributed by atoms with E-state index in [9.17, 15) is 13.2 Å². The molecule has 1 saturated carbocycles. The molecule has 2 heterocycles. The molecule has 0 aromatic heterocycles. The highest BCUT2D eigenvalue weighted by Crippen LogP contribution is 2.29. The third kappa shape index (κ3) is 5.05. The molecule has 31 heavy (non-hydrogen) atoms. The Morgan fingerprint density at radius 2 is 1.74 bits per heavy atom. The van der Waals surface area contributed by atoms with E-state index in [4.69, 9.17) is 9.47 Å². The summed E-state index contributed by atoms with van der Waals surface area (Å²) in [7, 11) is -2.25. The maximum absolute atomic E-state index is 13.2. The lowest BCUT2D eigenvalue weighted by atomic mass is 10.1. The van der Waals surface area contributed by atoms with Crippen molar-refractivity contribution in [1.82, 2.24) is 14.1 Å². The molecule has 3 aliphatic rings. The van der Waals surface area contributed by atoms with E-state index in [2.05, 4.69) is 4.90 Å². The Morgan fingerprint density at radius 3 is 2.39 bits per heavy atom. The van der Waals surface area contributed by atoms with Crippen LogP contribution >= 0.6 is 0 Å². The van der Waals surface area contributed by atoms with Gasteiger partial charge in [-0.25, -0.2) is 8.42 Å². The van der Waals surface area contributed by atoms with E-state index in [1.54, 1.807) is 18.2 Å². The zero-order valence-electron chi connectivity index (χ0n) is 18.3. The molecule has 1 aromatic carbocycles. The maximum Gasteiger partial charge on any atom is 0.246 e. The smallest absolute Gasteiger partial charge is 0.246 e. The summed E-state index contributed by atoms with van der Waals surface area (Å²) in [6.07, 6.45) is 5.38. The molecule has 0 unspecified atom stereocenters. The lowest BCUT2D eigenvalue weighted by Crippen LogP contribution is -2.51. The van der Waals surface area contributed by atoms with Gasteiger partial charge in [-0.05, 0) is 30.5 Å². The van der Waals surface area contributed by atoms with Crippen molar-refractivity contribution in [2.75, 3.05) is 59.6 Å². The minimum Gasteiger partial charge on any atom is -0.495 e. The molecule has 2 aliphatic heterocycles. The van der Waals surface area contributed by atoms with Gasteiger partial charge < -0.3 is 14.4 Å². The second-order valence-electron chi connectivity index (χ2n) is 8.53. The van der Waals surface area contributed by atoms with Gasteiger partial charge in [0.15, 0.2) is 0 Å². The second-order valence-corrected chi connectivity index (χ2v) is 10.4. The first-order chi connectivity index (χ1) is 15.0. The minimum atomic E-state index is -3.71. The van der Waals surface area contributed by atoms with E-state index < -0.39 is 10.0 Å². The highest BCUT2D eigenvalue weighted by Gasteiger charge is 2.31. The van der Waals surface area contributed by atoms with E-state index >= 15 is 0 Å². The van der Waals surface area contributed by atoms with E-state index in [1.807, 2.05) is 4.90 Å². The molecule has 1 amide bonds. The number of hydrogen-bond donors (Lipinski definition) is 0. The summed E-state index contributed by atoms with van der Waals surface area (Å²) in [4.78, 5) is 17.5. The molecule has 2 saturated heterocycles. The molecule has 0 atom stereocenters. The first-order valence-electron chi connectivity index (χ1n) is 11.3. The standard InChI is InChI=1S/C22H33N3O5S/c1-29-20-7-6-18(16-21(20)31(27,28)25-12-14-30-15-13-25)17-22(26)24-10-8-23(9-11-24)19-4-2-3-5-19/h6-7,16,19H,2-5,8-15,17H2,1H3. The number of ether oxygens (including phenoxy) is 2. The number of rotatable bonds is 6. The van der Waals surface area contributed by atoms with Gasteiger partial charge in [0.05, 0.1) is 26.7 Å². The van der Waals surface area contributed by atoms with Crippen molar-refractivity contribution in [2.24, 2.45) is 0 Å². The zero-order valence-corrected chi connectivity index (χ0v) is 19.1. The number of carbonyl (C=O) groups is 1. The molecule has 172 valence electrons. The molecular formula is C22H33N3O5S. The van der Waals surface area contributed by atoms with Crippen LogP contribution in [0.15, 0.2) is 23.1 Å². The maximum atomic E-state index is 13.2. The Kier molecular flexibility index (Phi) is 7.15. The van der Waals surface area contributed by atoms with Crippen molar-refractivity contribution in [3.63, 3.8) is 0 Å². The fourth-order valence-corrected chi connectivity index (χ4v) is 6.46. The van der Waals surface area contributed by atoms with Crippen molar-refractivity contribution >= 4 is 15.9 Å². The van der Waals surface area contributed by atoms with Gasteiger partial charge >= 0.3 is 0 Å². The van der Waals surface area contributed by atoms with Crippen molar-refractivity contribution in [3.8, 4) is 5.75 Å². The molecular weight excluding hydrogens is 418 g/mol. The number of morpholine rings is 1. The van der Waals surface area contributed by atoms with Crippen molar-refractivity contribution in [1.29, 1.82) is 0 Å². The summed E-state index contributed by atoms with van der Waals surface area (Å²) in [5.74, 6) is 0.346. The Labute approximate surface area is 185 Å². The largest absolute Gasteiger partial charge is 0.495 e. The predicted molar refractivity (Wildman–Crippen MR) is 117 cm³/mol. The van der Waals surface area contributed by atoms with Gasteiger partial charge in [0, 0.05) is 45.3 Å². The average Bonchev–Trinajstić information content (AvgIpc) is 3.35. The van der Waals surface area contributed by atoms with Crippen LogP contribution in [-0.2, 0) is 26.0 Å². The van der Waals surface area contributed by atoms with Crippen LogP contribution in [-0.4, -0.2) is 94.1 Å². The molecule has 0 N–H and O–H groups in total. The normalized spacial score (nSPS) is 22.0. The fourth-order valence-electron chi connectivity index (χ4n) is 4.85. The van der Waals surface area contributed by atoms with Gasteiger partial charge in [-0.1, -0.05) is 18.9 Å². The van der Waals surface area contributed by atoms with Crippen LogP contribution in [0.25, 0.3) is 0 Å². The Hall–Kier alpha value is -1.68. The van der Waals surface area contributed by atoms with Crippen LogP contribution in [0.1, 0.15) is 31.2 Å². The number of piperazine rings is 1. The zero-order chi connectivity index (χ0) is 21.8. The second kappa shape index (κ2) is 9.85. The van der Waals surface area contributed by atoms with E-state index in [1.165, 1.54) is 37.1 Å².